The number of nitrogens with zero attached hydrogens (tertiary/aromatic N) is 1. The van der Waals surface area contributed by atoms with Crippen LogP contribution < -0.4 is 11.5 Å². The zero-order valence-corrected chi connectivity index (χ0v) is 6.20. The van der Waals surface area contributed by atoms with Gasteiger partial charge in [0.2, 0.25) is 0 Å². The van der Waals surface area contributed by atoms with E-state index in [0.717, 1.165) is 5.52 Å². The van der Waals surface area contributed by atoms with E-state index in [1.54, 1.807) is 6.07 Å². The Bertz CT molecular complexity index is 395. The van der Waals surface area contributed by atoms with Crippen LogP contribution in [-0.2, 0) is 0 Å². The van der Waals surface area contributed by atoms with Crippen LogP contribution in [0.25, 0.3) is 11.0 Å². The summed E-state index contributed by atoms with van der Waals surface area (Å²) >= 11 is 0. The van der Waals surface area contributed by atoms with Gasteiger partial charge in [-0.1, -0.05) is 0 Å². The average Bonchev–Trinajstić information content (AvgIpc) is 2.30. The highest BCUT2D eigenvalue weighted by Crippen LogP contribution is 2.25. The minimum absolute atomic E-state index is 0.0222. The lowest BCUT2D eigenvalue weighted by Gasteiger charge is -1.95. The molecular formula is C7H8N4O. The van der Waals surface area contributed by atoms with Crippen LogP contribution in [0.15, 0.2) is 12.1 Å². The van der Waals surface area contributed by atoms with Crippen molar-refractivity contribution in [2.45, 2.75) is 0 Å². The third-order valence-corrected chi connectivity index (χ3v) is 1.65. The zero-order chi connectivity index (χ0) is 8.72. The predicted octanol–water partition coefficient (Wildman–Crippen LogP) is 0.433. The van der Waals surface area contributed by atoms with E-state index in [4.69, 9.17) is 11.5 Å². The van der Waals surface area contributed by atoms with Gasteiger partial charge in [-0.25, -0.2) is 4.98 Å². The van der Waals surface area contributed by atoms with Crippen molar-refractivity contribution in [3.05, 3.63) is 12.1 Å². The van der Waals surface area contributed by atoms with Crippen LogP contribution >= 0.6 is 0 Å². The molecule has 5 nitrogen and oxygen atoms in total. The number of H-pyrrole nitrogens is 1. The minimum Gasteiger partial charge on any atom is -0.506 e. The molecule has 1 aromatic heterocycles. The SMILES string of the molecule is Nc1nc2cc(O)c(N)cc2[nH]1. The summed E-state index contributed by atoms with van der Waals surface area (Å²) in [5, 5.41) is 9.21. The standard InChI is InChI=1S/C7H8N4O/c8-3-1-4-5(2-6(3)12)11-7(9)10-4/h1-2,12H,8H2,(H3,9,10,11). The molecule has 5 heteroatoms. The number of aromatic hydroxyl groups is 1. The maximum atomic E-state index is 9.21. The van der Waals surface area contributed by atoms with E-state index < -0.39 is 0 Å². The molecule has 1 aromatic carbocycles. The third-order valence-electron chi connectivity index (χ3n) is 1.65. The third kappa shape index (κ3) is 0.833. The van der Waals surface area contributed by atoms with E-state index in [1.807, 2.05) is 0 Å². The smallest absolute Gasteiger partial charge is 0.198 e. The molecule has 0 spiro atoms. The van der Waals surface area contributed by atoms with Crippen molar-refractivity contribution in [2.75, 3.05) is 11.5 Å². The summed E-state index contributed by atoms with van der Waals surface area (Å²) in [6, 6.07) is 3.06. The molecule has 0 fully saturated rings. The molecule has 2 rings (SSSR count). The molecule has 0 aliphatic rings. The lowest BCUT2D eigenvalue weighted by Crippen LogP contribution is -1.84. The first kappa shape index (κ1) is 6.78. The molecule has 0 unspecified atom stereocenters. The second-order valence-electron chi connectivity index (χ2n) is 2.55. The first-order valence-corrected chi connectivity index (χ1v) is 3.40. The summed E-state index contributed by atoms with van der Waals surface area (Å²) in [6.45, 7) is 0. The second kappa shape index (κ2) is 2.04. The Kier molecular flexibility index (Phi) is 1.15. The van der Waals surface area contributed by atoms with E-state index in [-0.39, 0.29) is 5.75 Å². The van der Waals surface area contributed by atoms with Crippen molar-refractivity contribution < 1.29 is 5.11 Å². The molecule has 0 aliphatic heterocycles. The Labute approximate surface area is 68.0 Å². The number of phenols is 1. The highest BCUT2D eigenvalue weighted by molar-refractivity contribution is 5.83. The van der Waals surface area contributed by atoms with E-state index in [9.17, 15) is 5.11 Å². The summed E-state index contributed by atoms with van der Waals surface area (Å²) in [4.78, 5) is 6.72. The molecule has 0 bridgehead atoms. The van der Waals surface area contributed by atoms with Gasteiger partial charge in [-0.15, -0.1) is 0 Å². The quantitative estimate of drug-likeness (QED) is 0.335. The lowest BCUT2D eigenvalue weighted by molar-refractivity contribution is 0.478. The van der Waals surface area contributed by atoms with Crippen LogP contribution in [-0.4, -0.2) is 15.1 Å². The Morgan fingerprint density at radius 2 is 2.08 bits per heavy atom. The fourth-order valence-corrected chi connectivity index (χ4v) is 1.08. The normalized spacial score (nSPS) is 10.7. The molecule has 0 saturated carbocycles. The van der Waals surface area contributed by atoms with Crippen molar-refractivity contribution in [3.8, 4) is 5.75 Å². The first-order chi connectivity index (χ1) is 5.66. The number of anilines is 2. The second-order valence-corrected chi connectivity index (χ2v) is 2.55. The average molecular weight is 164 g/mol. The lowest BCUT2D eigenvalue weighted by atomic mass is 10.2. The Morgan fingerprint density at radius 1 is 1.33 bits per heavy atom. The van der Waals surface area contributed by atoms with Crippen molar-refractivity contribution in [1.82, 2.24) is 9.97 Å². The van der Waals surface area contributed by atoms with Gasteiger partial charge in [0, 0.05) is 6.07 Å². The van der Waals surface area contributed by atoms with E-state index in [2.05, 4.69) is 9.97 Å². The van der Waals surface area contributed by atoms with Crippen molar-refractivity contribution in [2.24, 2.45) is 0 Å². The molecule has 0 atom stereocenters. The van der Waals surface area contributed by atoms with Crippen molar-refractivity contribution >= 4 is 22.7 Å². The van der Waals surface area contributed by atoms with Crippen molar-refractivity contribution in [3.63, 3.8) is 0 Å². The van der Waals surface area contributed by atoms with Gasteiger partial charge in [0.1, 0.15) is 5.75 Å². The van der Waals surface area contributed by atoms with Crippen LogP contribution in [0.4, 0.5) is 11.6 Å². The number of phenolic OH excluding ortho intramolecular Hbond substituents is 1. The summed E-state index contributed by atoms with van der Waals surface area (Å²) in [5.41, 5.74) is 12.5. The molecule has 0 aliphatic carbocycles. The Hall–Kier alpha value is -1.91. The maximum Gasteiger partial charge on any atom is 0.198 e. The monoisotopic (exact) mass is 164 g/mol. The predicted molar refractivity (Wildman–Crippen MR) is 46.6 cm³/mol. The number of hydrogen-bond acceptors (Lipinski definition) is 4. The van der Waals surface area contributed by atoms with Gasteiger partial charge in [-0.2, -0.15) is 0 Å². The van der Waals surface area contributed by atoms with Gasteiger partial charge in [-0.05, 0) is 6.07 Å². The number of fused-ring (bicyclic) bond motifs is 1. The molecule has 6 N–H and O–H groups in total. The van der Waals surface area contributed by atoms with Crippen LogP contribution in [0.2, 0.25) is 0 Å². The number of hydrogen-bond donors (Lipinski definition) is 4. The highest BCUT2D eigenvalue weighted by Gasteiger charge is 2.03. The Morgan fingerprint density at radius 3 is 2.83 bits per heavy atom. The van der Waals surface area contributed by atoms with Crippen molar-refractivity contribution in [1.29, 1.82) is 0 Å². The summed E-state index contributed by atoms with van der Waals surface area (Å²) in [5.74, 6) is 0.337. The highest BCUT2D eigenvalue weighted by atomic mass is 16.3. The van der Waals surface area contributed by atoms with Crippen LogP contribution in [0, 0.1) is 0 Å². The Balaban J connectivity index is 2.83. The first-order valence-electron chi connectivity index (χ1n) is 3.40. The number of aromatic amines is 1. The number of rotatable bonds is 0. The van der Waals surface area contributed by atoms with Gasteiger partial charge in [0.15, 0.2) is 5.95 Å². The molecule has 0 radical (unpaired) electrons. The van der Waals surface area contributed by atoms with Gasteiger partial charge in [-0.3, -0.25) is 0 Å². The van der Waals surface area contributed by atoms with Crippen LogP contribution in [0.5, 0.6) is 5.75 Å². The van der Waals surface area contributed by atoms with Crippen LogP contribution in [0.3, 0.4) is 0 Å². The maximum absolute atomic E-state index is 9.21. The van der Waals surface area contributed by atoms with E-state index in [0.29, 0.717) is 17.2 Å². The fraction of sp³-hybridized carbons (Fsp3) is 0. The summed E-state index contributed by atoms with van der Waals surface area (Å²) in [7, 11) is 0. The van der Waals surface area contributed by atoms with Gasteiger partial charge in [0.25, 0.3) is 0 Å². The summed E-state index contributed by atoms with van der Waals surface area (Å²) < 4.78 is 0. The topological polar surface area (TPSA) is 101 Å². The molecule has 12 heavy (non-hydrogen) atoms. The number of imidazole rings is 1. The van der Waals surface area contributed by atoms with Crippen LogP contribution in [0.1, 0.15) is 0 Å². The molecule has 2 aromatic rings. The number of aromatic nitrogens is 2. The van der Waals surface area contributed by atoms with E-state index in [1.165, 1.54) is 6.07 Å². The largest absolute Gasteiger partial charge is 0.506 e. The summed E-state index contributed by atoms with van der Waals surface area (Å²) in [6.07, 6.45) is 0. The zero-order valence-electron chi connectivity index (χ0n) is 6.20. The van der Waals surface area contributed by atoms with E-state index >= 15 is 0 Å². The molecular weight excluding hydrogens is 156 g/mol. The molecule has 62 valence electrons. The van der Waals surface area contributed by atoms with Gasteiger partial charge in [0.05, 0.1) is 16.7 Å². The molecule has 0 saturated heterocycles. The van der Waals surface area contributed by atoms with Gasteiger partial charge >= 0.3 is 0 Å². The number of nitrogens with one attached hydrogen (secondary N) is 1. The number of nitrogen functional groups attached to an aromatic ring is 2. The van der Waals surface area contributed by atoms with Gasteiger partial charge < -0.3 is 21.6 Å². The molecule has 1 heterocycles. The fourth-order valence-electron chi connectivity index (χ4n) is 1.08. The minimum atomic E-state index is 0.0222. The number of nitrogens with two attached hydrogens (primary N) is 2. The molecule has 0 amide bonds. The number of benzene rings is 1.